The van der Waals surface area contributed by atoms with Crippen molar-refractivity contribution >= 4 is 0 Å². The monoisotopic (exact) mass is 286 g/mol. The van der Waals surface area contributed by atoms with E-state index in [4.69, 9.17) is 4.74 Å². The molecular weight excluding hydrogens is 252 g/mol. The molecule has 0 saturated heterocycles. The molecule has 4 heteroatoms. The highest BCUT2D eigenvalue weighted by molar-refractivity contribution is 4.94. The number of rotatable bonds is 13. The highest BCUT2D eigenvalue weighted by atomic mass is 16.5. The molecule has 1 unspecified atom stereocenters. The van der Waals surface area contributed by atoms with Crippen LogP contribution in [-0.4, -0.2) is 61.0 Å². The average molecular weight is 286 g/mol. The minimum atomic E-state index is -0.0551. The smallest absolute Gasteiger partial charge is 0.0613 e. The van der Waals surface area contributed by atoms with Gasteiger partial charge in [0, 0.05) is 24.7 Å². The fraction of sp³-hybridized carbons (Fsp3) is 1.00. The quantitative estimate of drug-likeness (QED) is 0.509. The molecule has 0 amide bonds. The highest BCUT2D eigenvalue weighted by Crippen LogP contribution is 2.26. The Morgan fingerprint density at radius 3 is 2.50 bits per heavy atom. The Kier molecular flexibility index (Phi) is 8.69. The van der Waals surface area contributed by atoms with Crippen molar-refractivity contribution in [3.8, 4) is 0 Å². The van der Waals surface area contributed by atoms with Gasteiger partial charge in [0.15, 0.2) is 0 Å². The van der Waals surface area contributed by atoms with Crippen molar-refractivity contribution in [2.24, 2.45) is 0 Å². The lowest BCUT2D eigenvalue weighted by atomic mass is 9.91. The minimum absolute atomic E-state index is 0.0551. The van der Waals surface area contributed by atoms with Crippen molar-refractivity contribution in [2.45, 2.75) is 64.5 Å². The Morgan fingerprint density at radius 2 is 2.00 bits per heavy atom. The molecule has 0 aromatic carbocycles. The van der Waals surface area contributed by atoms with Crippen LogP contribution in [0.1, 0.15) is 52.9 Å². The van der Waals surface area contributed by atoms with Crippen LogP contribution in [0.25, 0.3) is 0 Å². The molecule has 0 bridgehead atoms. The zero-order chi connectivity index (χ0) is 14.8. The first-order valence-corrected chi connectivity index (χ1v) is 8.38. The van der Waals surface area contributed by atoms with Gasteiger partial charge in [0.05, 0.1) is 13.2 Å². The summed E-state index contributed by atoms with van der Waals surface area (Å²) in [6, 6.07) is 0.655. The zero-order valence-electron chi connectivity index (χ0n) is 13.7. The van der Waals surface area contributed by atoms with E-state index < -0.39 is 0 Å². The number of hydrogen-bond donors (Lipinski definition) is 2. The fourth-order valence-electron chi connectivity index (χ4n) is 2.66. The summed E-state index contributed by atoms with van der Waals surface area (Å²) in [7, 11) is 0. The third-order valence-corrected chi connectivity index (χ3v) is 4.40. The standard InChI is InChI=1S/C16H34N2O2/c1-4-16(14-19,17-15-8-9-15)10-7-11-18(5-2)12-13-20-6-3/h15,17,19H,4-14H2,1-3H3. The topological polar surface area (TPSA) is 44.7 Å². The van der Waals surface area contributed by atoms with Gasteiger partial charge < -0.3 is 20.1 Å². The van der Waals surface area contributed by atoms with Crippen LogP contribution >= 0.6 is 0 Å². The van der Waals surface area contributed by atoms with Crippen molar-refractivity contribution in [1.82, 2.24) is 10.2 Å². The Bertz CT molecular complexity index is 241. The van der Waals surface area contributed by atoms with Gasteiger partial charge in [-0.3, -0.25) is 0 Å². The number of aliphatic hydroxyl groups is 1. The van der Waals surface area contributed by atoms with Gasteiger partial charge in [-0.15, -0.1) is 0 Å². The molecule has 0 radical (unpaired) electrons. The third-order valence-electron chi connectivity index (χ3n) is 4.40. The molecule has 1 fully saturated rings. The van der Waals surface area contributed by atoms with Gasteiger partial charge in [0.1, 0.15) is 0 Å². The van der Waals surface area contributed by atoms with Gasteiger partial charge in [0.2, 0.25) is 0 Å². The van der Waals surface area contributed by atoms with Crippen LogP contribution in [0.15, 0.2) is 0 Å². The molecular formula is C16H34N2O2. The van der Waals surface area contributed by atoms with Crippen LogP contribution in [-0.2, 0) is 4.74 Å². The highest BCUT2D eigenvalue weighted by Gasteiger charge is 2.33. The van der Waals surface area contributed by atoms with Crippen molar-refractivity contribution in [2.75, 3.05) is 39.5 Å². The van der Waals surface area contributed by atoms with Gasteiger partial charge in [-0.2, -0.15) is 0 Å². The molecule has 2 N–H and O–H groups in total. The Morgan fingerprint density at radius 1 is 1.25 bits per heavy atom. The second kappa shape index (κ2) is 9.72. The predicted molar refractivity (Wildman–Crippen MR) is 84.1 cm³/mol. The third kappa shape index (κ3) is 6.53. The molecule has 1 rings (SSSR count). The molecule has 0 aromatic rings. The Balaban J connectivity index is 2.26. The van der Waals surface area contributed by atoms with Crippen molar-refractivity contribution in [3.05, 3.63) is 0 Å². The summed E-state index contributed by atoms with van der Waals surface area (Å²) in [5, 5.41) is 13.4. The first-order chi connectivity index (χ1) is 9.69. The van der Waals surface area contributed by atoms with E-state index in [9.17, 15) is 5.11 Å². The molecule has 1 aliphatic carbocycles. The number of nitrogens with one attached hydrogen (secondary N) is 1. The van der Waals surface area contributed by atoms with E-state index in [2.05, 4.69) is 24.1 Å². The lowest BCUT2D eigenvalue weighted by Crippen LogP contribution is -2.49. The zero-order valence-corrected chi connectivity index (χ0v) is 13.7. The van der Waals surface area contributed by atoms with E-state index >= 15 is 0 Å². The second-order valence-corrected chi connectivity index (χ2v) is 5.95. The maximum absolute atomic E-state index is 9.75. The van der Waals surface area contributed by atoms with Crippen molar-refractivity contribution in [1.29, 1.82) is 0 Å². The van der Waals surface area contributed by atoms with Gasteiger partial charge >= 0.3 is 0 Å². The summed E-state index contributed by atoms with van der Waals surface area (Å²) in [6.07, 6.45) is 5.75. The van der Waals surface area contributed by atoms with E-state index in [1.54, 1.807) is 0 Å². The first kappa shape index (κ1) is 17.9. The number of likely N-dealkylation sites (N-methyl/N-ethyl adjacent to an activating group) is 1. The maximum Gasteiger partial charge on any atom is 0.0613 e. The summed E-state index contributed by atoms with van der Waals surface area (Å²) in [4.78, 5) is 2.44. The van der Waals surface area contributed by atoms with Crippen molar-refractivity contribution < 1.29 is 9.84 Å². The number of nitrogens with zero attached hydrogens (tertiary/aromatic N) is 1. The Hall–Kier alpha value is -0.160. The molecule has 4 nitrogen and oxygen atoms in total. The number of aliphatic hydroxyl groups excluding tert-OH is 1. The normalized spacial score (nSPS) is 18.4. The van der Waals surface area contributed by atoms with E-state index in [-0.39, 0.29) is 12.1 Å². The lowest BCUT2D eigenvalue weighted by molar-refractivity contribution is 0.108. The van der Waals surface area contributed by atoms with Gasteiger partial charge in [-0.05, 0) is 52.1 Å². The molecule has 1 saturated carbocycles. The maximum atomic E-state index is 9.75. The van der Waals surface area contributed by atoms with Crippen LogP contribution < -0.4 is 5.32 Å². The van der Waals surface area contributed by atoms with Gasteiger partial charge in [0.25, 0.3) is 0 Å². The summed E-state index contributed by atoms with van der Waals surface area (Å²) in [5.41, 5.74) is -0.0551. The molecule has 20 heavy (non-hydrogen) atoms. The van der Waals surface area contributed by atoms with E-state index in [0.29, 0.717) is 6.04 Å². The van der Waals surface area contributed by atoms with E-state index in [1.807, 2.05) is 6.92 Å². The van der Waals surface area contributed by atoms with Crippen LogP contribution in [0.5, 0.6) is 0 Å². The van der Waals surface area contributed by atoms with Crippen LogP contribution in [0.2, 0.25) is 0 Å². The summed E-state index contributed by atoms with van der Waals surface area (Å²) < 4.78 is 5.42. The summed E-state index contributed by atoms with van der Waals surface area (Å²) >= 11 is 0. The number of hydrogen-bond acceptors (Lipinski definition) is 4. The first-order valence-electron chi connectivity index (χ1n) is 8.38. The molecule has 0 aromatic heterocycles. The lowest BCUT2D eigenvalue weighted by Gasteiger charge is -2.33. The summed E-state index contributed by atoms with van der Waals surface area (Å²) in [5.74, 6) is 0. The minimum Gasteiger partial charge on any atom is -0.394 e. The van der Waals surface area contributed by atoms with Crippen LogP contribution in [0.3, 0.4) is 0 Å². The largest absolute Gasteiger partial charge is 0.394 e. The molecule has 0 aliphatic heterocycles. The SMILES string of the molecule is CCOCCN(CC)CCCC(CC)(CO)NC1CC1. The van der Waals surface area contributed by atoms with Crippen LogP contribution in [0, 0.1) is 0 Å². The van der Waals surface area contributed by atoms with Crippen molar-refractivity contribution in [3.63, 3.8) is 0 Å². The van der Waals surface area contributed by atoms with Crippen LogP contribution in [0.4, 0.5) is 0 Å². The Labute approximate surface area is 124 Å². The van der Waals surface area contributed by atoms with Gasteiger partial charge in [-0.1, -0.05) is 13.8 Å². The van der Waals surface area contributed by atoms with E-state index in [1.165, 1.54) is 12.8 Å². The fourth-order valence-corrected chi connectivity index (χ4v) is 2.66. The summed E-state index contributed by atoms with van der Waals surface area (Å²) in [6.45, 7) is 11.5. The average Bonchev–Trinajstić information content (AvgIpc) is 3.28. The van der Waals surface area contributed by atoms with Gasteiger partial charge in [-0.25, -0.2) is 0 Å². The van der Waals surface area contributed by atoms with E-state index in [0.717, 1.165) is 52.1 Å². The molecule has 0 heterocycles. The molecule has 120 valence electrons. The second-order valence-electron chi connectivity index (χ2n) is 5.95. The molecule has 0 spiro atoms. The molecule has 1 aliphatic rings. The molecule has 1 atom stereocenters. The number of ether oxygens (including phenoxy) is 1. The predicted octanol–water partition coefficient (Wildman–Crippen LogP) is 2.02.